The van der Waals surface area contributed by atoms with Gasteiger partial charge in [-0.1, -0.05) is 140 Å². The average Bonchev–Trinajstić information content (AvgIpc) is 3.91. The van der Waals surface area contributed by atoms with Crippen molar-refractivity contribution in [3.05, 3.63) is 174 Å². The molecule has 0 fully saturated rings. The number of fused-ring (bicyclic) bond motifs is 15. The van der Waals surface area contributed by atoms with E-state index in [9.17, 15) is 0 Å². The van der Waals surface area contributed by atoms with E-state index < -0.39 is 0 Å². The van der Waals surface area contributed by atoms with Crippen molar-refractivity contribution in [1.29, 1.82) is 0 Å². The number of hydrogen-bond donors (Lipinski definition) is 1. The van der Waals surface area contributed by atoms with Crippen LogP contribution in [0.4, 0.5) is 5.69 Å². The molecule has 0 saturated carbocycles. The number of benzene rings is 8. The fraction of sp³-hybridized carbons (Fsp3) is 0.0208. The molecule has 0 amide bonds. The molecular weight excluding hydrogens is 683 g/mol. The van der Waals surface area contributed by atoms with Crippen LogP contribution in [0.25, 0.3) is 84.7 Å². The molecule has 1 unspecified atom stereocenters. The van der Waals surface area contributed by atoms with Gasteiger partial charge in [-0.15, -0.1) is 22.7 Å². The summed E-state index contributed by atoms with van der Waals surface area (Å²) in [5.74, 6) is 0.843. The summed E-state index contributed by atoms with van der Waals surface area (Å²) in [4.78, 5) is 6.77. The van der Waals surface area contributed by atoms with Gasteiger partial charge in [-0.2, -0.15) is 0 Å². The third-order valence-corrected chi connectivity index (χ3v) is 13.5. The van der Waals surface area contributed by atoms with Crippen LogP contribution in [-0.4, -0.2) is 10.5 Å². The van der Waals surface area contributed by atoms with E-state index in [1.165, 1.54) is 84.1 Å². The average molecular weight is 712 g/mol. The van der Waals surface area contributed by atoms with E-state index in [4.69, 9.17) is 4.99 Å². The van der Waals surface area contributed by atoms with E-state index in [0.29, 0.717) is 0 Å². The first kappa shape index (κ1) is 29.3. The zero-order chi connectivity index (χ0) is 34.6. The molecule has 3 nitrogen and oxygen atoms in total. The number of hydrogen-bond acceptors (Lipinski definition) is 4. The van der Waals surface area contributed by atoms with Crippen LogP contribution in [0.1, 0.15) is 16.5 Å². The Balaban J connectivity index is 1.15. The van der Waals surface area contributed by atoms with E-state index in [1.807, 2.05) is 22.7 Å². The molecule has 0 spiro atoms. The van der Waals surface area contributed by atoms with Crippen molar-refractivity contribution in [2.45, 2.75) is 6.04 Å². The molecule has 8 aromatic carbocycles. The van der Waals surface area contributed by atoms with Crippen LogP contribution >= 0.6 is 22.7 Å². The smallest absolute Gasteiger partial charge is 0.209 e. The minimum Gasteiger partial charge on any atom is -0.343 e. The molecule has 0 saturated heterocycles. The van der Waals surface area contributed by atoms with E-state index in [-0.39, 0.29) is 6.04 Å². The molecule has 1 atom stereocenters. The van der Waals surface area contributed by atoms with Crippen LogP contribution in [0, 0.1) is 0 Å². The Morgan fingerprint density at radius 3 is 1.91 bits per heavy atom. The van der Waals surface area contributed by atoms with Crippen LogP contribution in [0.2, 0.25) is 0 Å². The second kappa shape index (κ2) is 11.1. The summed E-state index contributed by atoms with van der Waals surface area (Å²) in [6.45, 7) is 0. The number of rotatable bonds is 2. The second-order valence-electron chi connectivity index (χ2n) is 13.9. The SMILES string of the molecule is c1ccc(-c2ccc(C3NC(n4c5ccccc5c5c6c(ccc54)c4ccccc4c4sc5ccccc5c46)=Nc4c3sc3ccccc43)cc2)cc1. The number of nitrogens with one attached hydrogen (secondary N) is 1. The first-order chi connectivity index (χ1) is 26.3. The van der Waals surface area contributed by atoms with Crippen LogP contribution in [0.5, 0.6) is 0 Å². The van der Waals surface area contributed by atoms with Gasteiger partial charge in [-0.05, 0) is 51.7 Å². The summed E-state index contributed by atoms with van der Waals surface area (Å²) in [7, 11) is 0. The normalized spacial score (nSPS) is 14.5. The molecule has 1 N–H and O–H groups in total. The van der Waals surface area contributed by atoms with Gasteiger partial charge in [0.25, 0.3) is 0 Å². The highest BCUT2D eigenvalue weighted by atomic mass is 32.1. The van der Waals surface area contributed by atoms with Gasteiger partial charge in [0.15, 0.2) is 0 Å². The lowest BCUT2D eigenvalue weighted by Crippen LogP contribution is -2.36. The van der Waals surface area contributed by atoms with Gasteiger partial charge >= 0.3 is 0 Å². The lowest BCUT2D eigenvalue weighted by Gasteiger charge is -2.26. The van der Waals surface area contributed by atoms with Gasteiger partial charge in [0, 0.05) is 51.8 Å². The summed E-state index contributed by atoms with van der Waals surface area (Å²) in [5.41, 5.74) is 7.00. The minimum atomic E-state index is -0.0622. The van der Waals surface area contributed by atoms with Crippen LogP contribution in [-0.2, 0) is 0 Å². The fourth-order valence-corrected chi connectivity index (χ4v) is 11.2. The number of nitrogens with zero attached hydrogens (tertiary/aromatic N) is 2. The molecule has 0 aliphatic carbocycles. The van der Waals surface area contributed by atoms with E-state index in [0.717, 1.165) is 22.7 Å². The number of aliphatic imine (C=N–C) groups is 1. The topological polar surface area (TPSA) is 29.3 Å². The fourth-order valence-electron chi connectivity index (χ4n) is 8.71. The minimum absolute atomic E-state index is 0.0622. The van der Waals surface area contributed by atoms with Crippen molar-refractivity contribution in [2.75, 3.05) is 0 Å². The number of aromatic nitrogens is 1. The Bertz CT molecular complexity index is 3310. The highest BCUT2D eigenvalue weighted by Crippen LogP contribution is 2.49. The first-order valence-corrected chi connectivity index (χ1v) is 19.6. The third kappa shape index (κ3) is 4.17. The summed E-state index contributed by atoms with van der Waals surface area (Å²) in [5, 5.41) is 15.6. The maximum Gasteiger partial charge on any atom is 0.209 e. The van der Waals surface area contributed by atoms with Crippen LogP contribution in [0.3, 0.4) is 0 Å². The Morgan fingerprint density at radius 1 is 0.453 bits per heavy atom. The predicted molar refractivity (Wildman–Crippen MR) is 229 cm³/mol. The first-order valence-electron chi connectivity index (χ1n) is 18.0. The molecule has 53 heavy (non-hydrogen) atoms. The van der Waals surface area contributed by atoms with Gasteiger partial charge in [0.2, 0.25) is 5.96 Å². The molecule has 3 aromatic heterocycles. The zero-order valence-electron chi connectivity index (χ0n) is 28.4. The summed E-state index contributed by atoms with van der Waals surface area (Å²) in [6, 6.07) is 59.6. The quantitative estimate of drug-likeness (QED) is 0.178. The lowest BCUT2D eigenvalue weighted by molar-refractivity contribution is 0.747. The van der Waals surface area contributed by atoms with Crippen LogP contribution in [0.15, 0.2) is 169 Å². The zero-order valence-corrected chi connectivity index (χ0v) is 30.0. The Hall–Kier alpha value is -6.27. The molecule has 1 aliphatic heterocycles. The predicted octanol–water partition coefficient (Wildman–Crippen LogP) is 13.6. The number of para-hydroxylation sites is 1. The van der Waals surface area contributed by atoms with Crippen molar-refractivity contribution in [1.82, 2.24) is 9.88 Å². The van der Waals surface area contributed by atoms with Crippen molar-refractivity contribution >= 4 is 108 Å². The summed E-state index contributed by atoms with van der Waals surface area (Å²) < 4.78 is 6.29. The van der Waals surface area contributed by atoms with Crippen molar-refractivity contribution in [2.24, 2.45) is 4.99 Å². The molecule has 0 radical (unpaired) electrons. The molecular formula is C48H29N3S2. The molecule has 1 aliphatic rings. The maximum atomic E-state index is 5.53. The molecule has 12 rings (SSSR count). The van der Waals surface area contributed by atoms with Gasteiger partial charge < -0.3 is 5.32 Å². The molecule has 4 heterocycles. The van der Waals surface area contributed by atoms with E-state index in [1.54, 1.807) is 0 Å². The highest BCUT2D eigenvalue weighted by molar-refractivity contribution is 7.27. The van der Waals surface area contributed by atoms with E-state index in [2.05, 4.69) is 174 Å². The molecule has 5 heteroatoms. The van der Waals surface area contributed by atoms with Crippen molar-refractivity contribution in [3.8, 4) is 11.1 Å². The van der Waals surface area contributed by atoms with Gasteiger partial charge in [-0.25, -0.2) is 4.99 Å². The Kier molecular flexibility index (Phi) is 6.15. The van der Waals surface area contributed by atoms with Crippen molar-refractivity contribution in [3.63, 3.8) is 0 Å². The third-order valence-electron chi connectivity index (χ3n) is 11.1. The number of thiophene rings is 2. The van der Waals surface area contributed by atoms with Gasteiger partial charge in [-0.3, -0.25) is 4.57 Å². The standard InChI is InChI=1S/C48H29N3S2/c1-2-12-28(13-3-1)29-22-24-30(25-23-29)44-47-45(36-18-8-11-21-40(36)53-47)50-48(49-44)51-37-19-9-6-16-34(37)41-38(51)27-26-32-31-14-4-5-15-33(31)46-43(42(32)41)35-17-7-10-20-39(35)52-46/h1-27,44H,(H,49,50). The molecule has 11 aromatic rings. The van der Waals surface area contributed by atoms with Crippen LogP contribution < -0.4 is 5.32 Å². The molecule has 248 valence electrons. The van der Waals surface area contributed by atoms with E-state index >= 15 is 0 Å². The highest BCUT2D eigenvalue weighted by Gasteiger charge is 2.30. The maximum absolute atomic E-state index is 5.53. The second-order valence-corrected chi connectivity index (χ2v) is 16.0. The summed E-state index contributed by atoms with van der Waals surface area (Å²) in [6.07, 6.45) is 0. The molecule has 0 bridgehead atoms. The Morgan fingerprint density at radius 2 is 1.09 bits per heavy atom. The monoisotopic (exact) mass is 711 g/mol. The Labute approximate surface area is 312 Å². The summed E-state index contributed by atoms with van der Waals surface area (Å²) >= 11 is 3.74. The lowest BCUT2D eigenvalue weighted by atomic mass is 9.94. The van der Waals surface area contributed by atoms with Crippen molar-refractivity contribution < 1.29 is 0 Å². The van der Waals surface area contributed by atoms with Gasteiger partial charge in [0.05, 0.1) is 27.6 Å². The van der Waals surface area contributed by atoms with Gasteiger partial charge in [0.1, 0.15) is 0 Å². The largest absolute Gasteiger partial charge is 0.343 e.